The van der Waals surface area contributed by atoms with Crippen LogP contribution in [0.4, 0.5) is 5.69 Å². The van der Waals surface area contributed by atoms with Crippen LogP contribution in [0.3, 0.4) is 0 Å². The molecule has 0 N–H and O–H groups in total. The third-order valence-corrected chi connectivity index (χ3v) is 5.00. The van der Waals surface area contributed by atoms with Gasteiger partial charge in [-0.25, -0.2) is 0 Å². The van der Waals surface area contributed by atoms with Crippen LogP contribution in [0.25, 0.3) is 6.08 Å². The number of carbonyl (C=O) groups excluding carboxylic acids is 1. The first-order valence-corrected chi connectivity index (χ1v) is 8.94. The molecule has 128 valence electrons. The van der Waals surface area contributed by atoms with Crippen LogP contribution < -0.4 is 9.64 Å². The second-order valence-corrected chi connectivity index (χ2v) is 7.05. The van der Waals surface area contributed by atoms with Crippen molar-refractivity contribution in [2.24, 2.45) is 0 Å². The maximum atomic E-state index is 12.9. The number of amides is 1. The van der Waals surface area contributed by atoms with Crippen molar-refractivity contribution >= 4 is 62.5 Å². The number of nitrogens with zero attached hydrogens (tertiary/aromatic N) is 2. The molecule has 0 aliphatic carbocycles. The summed E-state index contributed by atoms with van der Waals surface area (Å²) < 4.78 is 6.17. The van der Waals surface area contributed by atoms with E-state index in [0.29, 0.717) is 27.1 Å². The zero-order chi connectivity index (χ0) is 18.1. The maximum absolute atomic E-state index is 12.9. The molecular formula is C18H14BrClN2O2S. The highest BCUT2D eigenvalue weighted by Crippen LogP contribution is 2.35. The van der Waals surface area contributed by atoms with Crippen LogP contribution in [0.1, 0.15) is 5.56 Å². The van der Waals surface area contributed by atoms with E-state index >= 15 is 0 Å². The van der Waals surface area contributed by atoms with Gasteiger partial charge in [0.15, 0.2) is 5.11 Å². The topological polar surface area (TPSA) is 32.8 Å². The molecule has 1 heterocycles. The minimum absolute atomic E-state index is 0.197. The van der Waals surface area contributed by atoms with Gasteiger partial charge in [-0.05, 0) is 42.6 Å². The van der Waals surface area contributed by atoms with Crippen molar-refractivity contribution in [2.75, 3.05) is 19.1 Å². The number of rotatable bonds is 3. The van der Waals surface area contributed by atoms with Gasteiger partial charge in [0.1, 0.15) is 11.4 Å². The molecule has 2 aromatic carbocycles. The van der Waals surface area contributed by atoms with Gasteiger partial charge >= 0.3 is 0 Å². The number of hydrogen-bond donors (Lipinski definition) is 0. The lowest BCUT2D eigenvalue weighted by molar-refractivity contribution is -0.114. The van der Waals surface area contributed by atoms with E-state index in [1.165, 1.54) is 12.0 Å². The summed E-state index contributed by atoms with van der Waals surface area (Å²) >= 11 is 15.1. The van der Waals surface area contributed by atoms with E-state index in [0.717, 1.165) is 10.2 Å². The number of carbonyl (C=O) groups is 1. The molecule has 4 nitrogen and oxygen atoms in total. The molecule has 0 bridgehead atoms. The van der Waals surface area contributed by atoms with Gasteiger partial charge in [0.2, 0.25) is 0 Å². The molecule has 3 rings (SSSR count). The predicted octanol–water partition coefficient (Wildman–Crippen LogP) is 4.72. The maximum Gasteiger partial charge on any atom is 0.281 e. The molecular weight excluding hydrogens is 424 g/mol. The molecule has 2 aromatic rings. The van der Waals surface area contributed by atoms with E-state index in [9.17, 15) is 4.79 Å². The predicted molar refractivity (Wildman–Crippen MR) is 108 cm³/mol. The van der Waals surface area contributed by atoms with Crippen LogP contribution in [0.5, 0.6) is 5.75 Å². The Kier molecular flexibility index (Phi) is 5.13. The van der Waals surface area contributed by atoms with Crippen LogP contribution in [0.2, 0.25) is 5.02 Å². The molecule has 0 radical (unpaired) electrons. The summed E-state index contributed by atoms with van der Waals surface area (Å²) in [5.74, 6) is 0.305. The van der Waals surface area contributed by atoms with Crippen molar-refractivity contribution in [3.63, 3.8) is 0 Å². The van der Waals surface area contributed by atoms with E-state index < -0.39 is 0 Å². The molecule has 25 heavy (non-hydrogen) atoms. The molecule has 1 aliphatic rings. The number of likely N-dealkylation sites (N-methyl/N-ethyl adjacent to an activating group) is 1. The number of ether oxygens (including phenoxy) is 1. The lowest BCUT2D eigenvalue weighted by atomic mass is 10.1. The van der Waals surface area contributed by atoms with Crippen molar-refractivity contribution in [1.82, 2.24) is 4.90 Å². The van der Waals surface area contributed by atoms with Crippen LogP contribution in [-0.4, -0.2) is 30.1 Å². The number of methoxy groups -OCH3 is 1. The second-order valence-electron chi connectivity index (χ2n) is 5.36. The van der Waals surface area contributed by atoms with Gasteiger partial charge in [0.25, 0.3) is 5.91 Å². The molecule has 0 atom stereocenters. The minimum atomic E-state index is -0.197. The number of anilines is 1. The molecule has 0 aromatic heterocycles. The minimum Gasteiger partial charge on any atom is -0.495 e. The van der Waals surface area contributed by atoms with Crippen molar-refractivity contribution in [2.45, 2.75) is 0 Å². The van der Waals surface area contributed by atoms with Crippen LogP contribution in [0, 0.1) is 0 Å². The SMILES string of the molecule is COc1c(Cl)cc(Br)cc1/C=C1/C(=O)N(c2ccccc2)C(=S)N1C. The lowest BCUT2D eigenvalue weighted by Crippen LogP contribution is -2.30. The van der Waals surface area contributed by atoms with Gasteiger partial charge < -0.3 is 9.64 Å². The molecule has 7 heteroatoms. The Labute approximate surface area is 164 Å². The first-order chi connectivity index (χ1) is 11.9. The van der Waals surface area contributed by atoms with Gasteiger partial charge in [-0.2, -0.15) is 0 Å². The van der Waals surface area contributed by atoms with Crippen LogP contribution >= 0.6 is 39.7 Å². The number of hydrogen-bond acceptors (Lipinski definition) is 3. The van der Waals surface area contributed by atoms with Gasteiger partial charge in [-0.15, -0.1) is 0 Å². The normalized spacial score (nSPS) is 16.1. The highest BCUT2D eigenvalue weighted by atomic mass is 79.9. The molecule has 0 saturated carbocycles. The Hall–Kier alpha value is -1.89. The Morgan fingerprint density at radius 1 is 1.24 bits per heavy atom. The van der Waals surface area contributed by atoms with E-state index in [4.69, 9.17) is 28.6 Å². The highest BCUT2D eigenvalue weighted by Gasteiger charge is 2.36. The second kappa shape index (κ2) is 7.15. The summed E-state index contributed by atoms with van der Waals surface area (Å²) in [6.45, 7) is 0. The van der Waals surface area contributed by atoms with Gasteiger partial charge in [0, 0.05) is 17.1 Å². The molecule has 1 aliphatic heterocycles. The average Bonchev–Trinajstić information content (AvgIpc) is 2.79. The Balaban J connectivity index is 2.08. The number of para-hydroxylation sites is 1. The summed E-state index contributed by atoms with van der Waals surface area (Å²) in [5.41, 5.74) is 1.86. The molecule has 1 saturated heterocycles. The van der Waals surface area contributed by atoms with Gasteiger partial charge in [-0.1, -0.05) is 45.7 Å². The fraction of sp³-hybridized carbons (Fsp3) is 0.111. The first kappa shape index (κ1) is 17.9. The lowest BCUT2D eigenvalue weighted by Gasteiger charge is -2.16. The Bertz CT molecular complexity index is 886. The Morgan fingerprint density at radius 2 is 1.92 bits per heavy atom. The van der Waals surface area contributed by atoms with E-state index in [1.54, 1.807) is 24.1 Å². The van der Waals surface area contributed by atoms with Gasteiger partial charge in [0.05, 0.1) is 17.8 Å². The van der Waals surface area contributed by atoms with E-state index in [2.05, 4.69) is 15.9 Å². The monoisotopic (exact) mass is 436 g/mol. The third-order valence-electron chi connectivity index (χ3n) is 3.81. The fourth-order valence-electron chi connectivity index (χ4n) is 2.61. The van der Waals surface area contributed by atoms with Crippen molar-refractivity contribution in [3.05, 3.63) is 63.2 Å². The van der Waals surface area contributed by atoms with Crippen molar-refractivity contribution in [3.8, 4) is 5.75 Å². The smallest absolute Gasteiger partial charge is 0.281 e. The van der Waals surface area contributed by atoms with Crippen LogP contribution in [-0.2, 0) is 4.79 Å². The average molecular weight is 438 g/mol. The van der Waals surface area contributed by atoms with Crippen LogP contribution in [0.15, 0.2) is 52.6 Å². The number of benzene rings is 2. The largest absolute Gasteiger partial charge is 0.495 e. The van der Waals surface area contributed by atoms with Crippen molar-refractivity contribution in [1.29, 1.82) is 0 Å². The van der Waals surface area contributed by atoms with Gasteiger partial charge in [-0.3, -0.25) is 9.69 Å². The fourth-order valence-corrected chi connectivity index (χ4v) is 3.81. The summed E-state index contributed by atoms with van der Waals surface area (Å²) in [6, 6.07) is 12.9. The third kappa shape index (κ3) is 3.29. The molecule has 0 spiro atoms. The molecule has 1 fully saturated rings. The zero-order valence-corrected chi connectivity index (χ0v) is 16.7. The van der Waals surface area contributed by atoms with Crippen molar-refractivity contribution < 1.29 is 9.53 Å². The zero-order valence-electron chi connectivity index (χ0n) is 13.5. The summed E-state index contributed by atoms with van der Waals surface area (Å²) in [4.78, 5) is 16.1. The van der Waals surface area contributed by atoms with E-state index in [-0.39, 0.29) is 5.91 Å². The quantitative estimate of drug-likeness (QED) is 0.514. The summed E-state index contributed by atoms with van der Waals surface area (Å²) in [7, 11) is 3.30. The number of thiocarbonyl (C=S) groups is 1. The first-order valence-electron chi connectivity index (χ1n) is 7.36. The highest BCUT2D eigenvalue weighted by molar-refractivity contribution is 9.10. The van der Waals surface area contributed by atoms with E-state index in [1.807, 2.05) is 36.4 Å². The Morgan fingerprint density at radius 3 is 2.56 bits per heavy atom. The molecule has 0 unspecified atom stereocenters. The standard InChI is InChI=1S/C18H14BrClN2O2S/c1-21-15(9-11-8-12(19)10-14(20)16(11)24-2)17(23)22(18(21)25)13-6-4-3-5-7-13/h3-10H,1-2H3/b15-9-. The molecule has 1 amide bonds. The summed E-state index contributed by atoms with van der Waals surface area (Å²) in [6.07, 6.45) is 1.73. The number of halogens is 2. The summed E-state index contributed by atoms with van der Waals surface area (Å²) in [5, 5.41) is 0.877.